The number of rotatable bonds is 2. The Balaban J connectivity index is 0. The van der Waals surface area contributed by atoms with Gasteiger partial charge in [0.15, 0.2) is 0 Å². The molecule has 100 valence electrons. The molecule has 0 aliphatic heterocycles. The van der Waals surface area contributed by atoms with Crippen LogP contribution in [0.1, 0.15) is 54.0 Å². The van der Waals surface area contributed by atoms with Crippen molar-refractivity contribution in [3.05, 3.63) is 29.8 Å². The predicted molar refractivity (Wildman–Crippen MR) is 78.8 cm³/mol. The summed E-state index contributed by atoms with van der Waals surface area (Å²) in [5, 5.41) is 0. The summed E-state index contributed by atoms with van der Waals surface area (Å²) in [5.74, 6) is 0.928. The SMILES string of the molecule is CC.CC.COc1ccc(CC(C)(C)C)cc1. The van der Waals surface area contributed by atoms with Crippen molar-refractivity contribution in [1.82, 2.24) is 0 Å². The van der Waals surface area contributed by atoms with E-state index >= 15 is 0 Å². The quantitative estimate of drug-likeness (QED) is 0.676. The van der Waals surface area contributed by atoms with Gasteiger partial charge in [-0.15, -0.1) is 0 Å². The lowest BCUT2D eigenvalue weighted by atomic mass is 9.88. The minimum absolute atomic E-state index is 0.356. The fraction of sp³-hybridized carbons (Fsp3) is 0.625. The average molecular weight is 238 g/mol. The van der Waals surface area contributed by atoms with Gasteiger partial charge in [-0.25, -0.2) is 0 Å². The third kappa shape index (κ3) is 9.92. The van der Waals surface area contributed by atoms with Crippen LogP contribution in [0.15, 0.2) is 24.3 Å². The molecule has 1 aromatic carbocycles. The maximum Gasteiger partial charge on any atom is 0.118 e. The fourth-order valence-electron chi connectivity index (χ4n) is 1.36. The van der Waals surface area contributed by atoms with E-state index in [2.05, 4.69) is 32.9 Å². The molecule has 0 heterocycles. The molecule has 1 rings (SSSR count). The first kappa shape index (κ1) is 18.4. The molecule has 0 spiro atoms. The molecule has 0 aliphatic carbocycles. The summed E-state index contributed by atoms with van der Waals surface area (Å²) < 4.78 is 5.10. The molecule has 0 bridgehead atoms. The minimum Gasteiger partial charge on any atom is -0.497 e. The summed E-state index contributed by atoms with van der Waals surface area (Å²) in [4.78, 5) is 0. The first-order chi connectivity index (χ1) is 8.01. The van der Waals surface area contributed by atoms with Crippen LogP contribution < -0.4 is 4.74 Å². The lowest BCUT2D eigenvalue weighted by Crippen LogP contribution is -2.08. The zero-order valence-electron chi connectivity index (χ0n) is 12.9. The third-order valence-electron chi connectivity index (χ3n) is 1.89. The van der Waals surface area contributed by atoms with Gasteiger partial charge in [-0.05, 0) is 29.5 Å². The molecule has 0 saturated heterocycles. The predicted octanol–water partition coefficient (Wildman–Crippen LogP) is 5.34. The highest BCUT2D eigenvalue weighted by Gasteiger charge is 2.10. The van der Waals surface area contributed by atoms with Gasteiger partial charge in [0, 0.05) is 0 Å². The molecule has 0 aromatic heterocycles. The average Bonchev–Trinajstić information content (AvgIpc) is 2.33. The molecule has 0 aliphatic rings. The lowest BCUT2D eigenvalue weighted by molar-refractivity contribution is 0.406. The van der Waals surface area contributed by atoms with Crippen molar-refractivity contribution in [2.24, 2.45) is 5.41 Å². The maximum atomic E-state index is 5.10. The molecule has 0 saturated carbocycles. The van der Waals surface area contributed by atoms with E-state index in [-0.39, 0.29) is 0 Å². The lowest BCUT2D eigenvalue weighted by Gasteiger charge is -2.18. The smallest absolute Gasteiger partial charge is 0.118 e. The van der Waals surface area contributed by atoms with E-state index in [1.807, 2.05) is 39.8 Å². The minimum atomic E-state index is 0.356. The number of benzene rings is 1. The van der Waals surface area contributed by atoms with Crippen LogP contribution in [0.4, 0.5) is 0 Å². The number of ether oxygens (including phenoxy) is 1. The molecule has 0 atom stereocenters. The third-order valence-corrected chi connectivity index (χ3v) is 1.89. The van der Waals surface area contributed by atoms with E-state index in [0.29, 0.717) is 5.41 Å². The summed E-state index contributed by atoms with van der Waals surface area (Å²) >= 11 is 0. The highest BCUT2D eigenvalue weighted by molar-refractivity contribution is 5.27. The van der Waals surface area contributed by atoms with Crippen LogP contribution in [0, 0.1) is 5.41 Å². The Labute approximate surface area is 108 Å². The molecule has 0 fully saturated rings. The van der Waals surface area contributed by atoms with E-state index in [0.717, 1.165) is 12.2 Å². The van der Waals surface area contributed by atoms with E-state index < -0.39 is 0 Å². The van der Waals surface area contributed by atoms with Crippen LogP contribution in [0.25, 0.3) is 0 Å². The van der Waals surface area contributed by atoms with Crippen molar-refractivity contribution >= 4 is 0 Å². The first-order valence-corrected chi connectivity index (χ1v) is 6.64. The Kier molecular flexibility index (Phi) is 11.0. The highest BCUT2D eigenvalue weighted by Crippen LogP contribution is 2.21. The molecule has 1 nitrogen and oxygen atoms in total. The summed E-state index contributed by atoms with van der Waals surface area (Å²) in [6.45, 7) is 14.7. The zero-order valence-corrected chi connectivity index (χ0v) is 12.9. The Morgan fingerprint density at radius 2 is 1.29 bits per heavy atom. The van der Waals surface area contributed by atoms with Crippen molar-refractivity contribution in [3.63, 3.8) is 0 Å². The van der Waals surface area contributed by atoms with Gasteiger partial charge in [0.1, 0.15) is 5.75 Å². The largest absolute Gasteiger partial charge is 0.497 e. The molecular weight excluding hydrogens is 208 g/mol. The highest BCUT2D eigenvalue weighted by atomic mass is 16.5. The van der Waals surface area contributed by atoms with Gasteiger partial charge in [0.05, 0.1) is 7.11 Å². The summed E-state index contributed by atoms with van der Waals surface area (Å²) in [6.07, 6.45) is 1.11. The molecule has 0 radical (unpaired) electrons. The normalized spacial score (nSPS) is 9.41. The zero-order chi connectivity index (χ0) is 13.9. The fourth-order valence-corrected chi connectivity index (χ4v) is 1.36. The molecule has 0 amide bonds. The van der Waals surface area contributed by atoms with Crippen LogP contribution in [0.2, 0.25) is 0 Å². The molecule has 1 aromatic rings. The van der Waals surface area contributed by atoms with Crippen molar-refractivity contribution < 1.29 is 4.74 Å². The van der Waals surface area contributed by atoms with Gasteiger partial charge in [-0.2, -0.15) is 0 Å². The van der Waals surface area contributed by atoms with Crippen molar-refractivity contribution in [2.75, 3.05) is 7.11 Å². The van der Waals surface area contributed by atoms with Crippen molar-refractivity contribution in [2.45, 2.75) is 54.9 Å². The maximum absolute atomic E-state index is 5.10. The van der Waals surface area contributed by atoms with E-state index in [1.54, 1.807) is 7.11 Å². The number of hydrogen-bond acceptors (Lipinski definition) is 1. The second-order valence-corrected chi connectivity index (χ2v) is 4.59. The monoisotopic (exact) mass is 238 g/mol. The van der Waals surface area contributed by atoms with Crippen LogP contribution >= 0.6 is 0 Å². The summed E-state index contributed by atoms with van der Waals surface area (Å²) in [6, 6.07) is 8.29. The van der Waals surface area contributed by atoms with E-state index in [1.165, 1.54) is 5.56 Å². The molecular formula is C16H30O. The topological polar surface area (TPSA) is 9.23 Å². The molecule has 0 unspecified atom stereocenters. The van der Waals surface area contributed by atoms with Gasteiger partial charge < -0.3 is 4.74 Å². The standard InChI is InChI=1S/C12H18O.2C2H6/c1-12(2,3)9-10-5-7-11(13-4)8-6-10;2*1-2/h5-8H,9H2,1-4H3;2*1-2H3. The first-order valence-electron chi connectivity index (χ1n) is 6.64. The van der Waals surface area contributed by atoms with Crippen LogP contribution in [0.3, 0.4) is 0 Å². The molecule has 0 N–H and O–H groups in total. The second-order valence-electron chi connectivity index (χ2n) is 4.59. The van der Waals surface area contributed by atoms with Crippen LogP contribution in [-0.2, 0) is 6.42 Å². The Morgan fingerprint density at radius 3 is 1.59 bits per heavy atom. The van der Waals surface area contributed by atoms with E-state index in [9.17, 15) is 0 Å². The Morgan fingerprint density at radius 1 is 0.882 bits per heavy atom. The Hall–Kier alpha value is -0.980. The van der Waals surface area contributed by atoms with Crippen LogP contribution in [0.5, 0.6) is 5.75 Å². The number of hydrogen-bond donors (Lipinski definition) is 0. The molecule has 17 heavy (non-hydrogen) atoms. The van der Waals surface area contributed by atoms with Gasteiger partial charge in [-0.1, -0.05) is 60.6 Å². The van der Waals surface area contributed by atoms with Gasteiger partial charge in [0.2, 0.25) is 0 Å². The summed E-state index contributed by atoms with van der Waals surface area (Å²) in [5.41, 5.74) is 1.72. The second kappa shape index (κ2) is 10.2. The van der Waals surface area contributed by atoms with Crippen molar-refractivity contribution in [3.8, 4) is 5.75 Å². The number of methoxy groups -OCH3 is 1. The molecule has 1 heteroatoms. The van der Waals surface area contributed by atoms with E-state index in [4.69, 9.17) is 4.74 Å². The van der Waals surface area contributed by atoms with Gasteiger partial charge in [0.25, 0.3) is 0 Å². The van der Waals surface area contributed by atoms with Crippen LogP contribution in [-0.4, -0.2) is 7.11 Å². The summed E-state index contributed by atoms with van der Waals surface area (Å²) in [7, 11) is 1.69. The van der Waals surface area contributed by atoms with Gasteiger partial charge >= 0.3 is 0 Å². The Bertz CT molecular complexity index is 254. The van der Waals surface area contributed by atoms with Crippen molar-refractivity contribution in [1.29, 1.82) is 0 Å². The van der Waals surface area contributed by atoms with Gasteiger partial charge in [-0.3, -0.25) is 0 Å².